The molecule has 2 heterocycles. The third-order valence-corrected chi connectivity index (χ3v) is 4.84. The molecule has 7 heteroatoms. The van der Waals surface area contributed by atoms with Gasteiger partial charge in [-0.05, 0) is 12.1 Å². The van der Waals surface area contributed by atoms with Crippen molar-refractivity contribution in [2.75, 3.05) is 6.61 Å². The van der Waals surface area contributed by atoms with Crippen LogP contribution in [-0.2, 0) is 11.5 Å². The lowest BCUT2D eigenvalue weighted by molar-refractivity contribution is 0.0895. The van der Waals surface area contributed by atoms with Crippen LogP contribution in [-0.4, -0.2) is 29.2 Å². The van der Waals surface area contributed by atoms with Gasteiger partial charge in [0.15, 0.2) is 5.65 Å². The standard InChI is InChI=1S/C12H17Cl2N3OSi/c1-19(2,3)5-4-18-8-17-7-15-11-9(13)6-10(14)16-12(11)17/h6-7H,4-5,8H2,1-3H3/i7D. The first kappa shape index (κ1) is 13.4. The van der Waals surface area contributed by atoms with Gasteiger partial charge in [-0.25, -0.2) is 9.97 Å². The van der Waals surface area contributed by atoms with Crippen molar-refractivity contribution in [1.82, 2.24) is 14.5 Å². The number of hydrogen-bond acceptors (Lipinski definition) is 3. The number of hydrogen-bond donors (Lipinski definition) is 0. The Morgan fingerprint density at radius 2 is 2.16 bits per heavy atom. The van der Waals surface area contributed by atoms with Crippen LogP contribution < -0.4 is 0 Å². The molecule has 2 aromatic heterocycles. The lowest BCUT2D eigenvalue weighted by Crippen LogP contribution is -2.22. The first-order chi connectivity index (χ1) is 9.28. The summed E-state index contributed by atoms with van der Waals surface area (Å²) in [5, 5.41) is 0.681. The number of aromatic nitrogens is 3. The summed E-state index contributed by atoms with van der Waals surface area (Å²) < 4.78 is 15.1. The van der Waals surface area contributed by atoms with Crippen molar-refractivity contribution in [2.45, 2.75) is 32.4 Å². The summed E-state index contributed by atoms with van der Waals surface area (Å²) in [5.41, 5.74) is 0.968. The smallest absolute Gasteiger partial charge is 0.164 e. The predicted molar refractivity (Wildman–Crippen MR) is 81.7 cm³/mol. The molecule has 0 aromatic carbocycles. The van der Waals surface area contributed by atoms with Crippen molar-refractivity contribution < 1.29 is 6.11 Å². The minimum absolute atomic E-state index is 0.0738. The number of pyridine rings is 1. The van der Waals surface area contributed by atoms with E-state index in [4.69, 9.17) is 29.3 Å². The van der Waals surface area contributed by atoms with E-state index in [-0.39, 0.29) is 18.2 Å². The fourth-order valence-corrected chi connectivity index (χ4v) is 2.77. The highest BCUT2D eigenvalue weighted by molar-refractivity contribution is 6.76. The second kappa shape index (κ2) is 5.79. The summed E-state index contributed by atoms with van der Waals surface area (Å²) in [4.78, 5) is 8.26. The average Bonchev–Trinajstić information content (AvgIpc) is 2.61. The Kier molecular flexibility index (Phi) is 4.07. The minimum Gasteiger partial charge on any atom is -0.361 e. The van der Waals surface area contributed by atoms with Crippen LogP contribution in [0.25, 0.3) is 11.2 Å². The Hall–Kier alpha value is -0.623. The average molecular weight is 319 g/mol. The first-order valence-electron chi connectivity index (χ1n) is 6.54. The summed E-state index contributed by atoms with van der Waals surface area (Å²) in [6.45, 7) is 7.78. The van der Waals surface area contributed by atoms with Gasteiger partial charge in [0.05, 0.1) is 11.3 Å². The van der Waals surface area contributed by atoms with Gasteiger partial charge in [0, 0.05) is 14.7 Å². The third kappa shape index (κ3) is 3.92. The summed E-state index contributed by atoms with van der Waals surface area (Å²) in [6.07, 6.45) is 0.0738. The highest BCUT2D eigenvalue weighted by Crippen LogP contribution is 2.23. The summed E-state index contributed by atoms with van der Waals surface area (Å²) in [5.74, 6) is 0. The Labute approximate surface area is 125 Å². The van der Waals surface area contributed by atoms with Crippen LogP contribution >= 0.6 is 23.2 Å². The molecule has 0 unspecified atom stereocenters. The normalized spacial score (nSPS) is 13.0. The molecule has 0 aliphatic rings. The van der Waals surface area contributed by atoms with E-state index in [1.165, 1.54) is 6.07 Å². The SMILES string of the molecule is [2H]c1nc2c(Cl)cc(Cl)nc2n1COCC[Si](C)(C)C. The molecule has 0 N–H and O–H groups in total. The number of imidazole rings is 1. The number of fused-ring (bicyclic) bond motifs is 1. The molecule has 0 atom stereocenters. The molecule has 2 aromatic rings. The molecule has 4 nitrogen and oxygen atoms in total. The van der Waals surface area contributed by atoms with Crippen molar-refractivity contribution in [1.29, 1.82) is 0 Å². The fourth-order valence-electron chi connectivity index (χ4n) is 1.54. The van der Waals surface area contributed by atoms with Crippen molar-refractivity contribution in [2.24, 2.45) is 0 Å². The zero-order valence-corrected chi connectivity index (χ0v) is 13.7. The van der Waals surface area contributed by atoms with E-state index >= 15 is 0 Å². The van der Waals surface area contributed by atoms with Crippen molar-refractivity contribution in [3.63, 3.8) is 0 Å². The van der Waals surface area contributed by atoms with E-state index in [0.717, 1.165) is 6.04 Å². The first-order valence-corrected chi connectivity index (χ1v) is 10.5. The Balaban J connectivity index is 2.16. The lowest BCUT2D eigenvalue weighted by atomic mass is 10.4. The quantitative estimate of drug-likeness (QED) is 0.474. The topological polar surface area (TPSA) is 39.9 Å². The number of ether oxygens (including phenoxy) is 1. The van der Waals surface area contributed by atoms with E-state index < -0.39 is 8.07 Å². The Morgan fingerprint density at radius 1 is 1.42 bits per heavy atom. The molecule has 0 radical (unpaired) electrons. The molecule has 0 bridgehead atoms. The highest BCUT2D eigenvalue weighted by Gasteiger charge is 2.13. The van der Waals surface area contributed by atoms with E-state index in [1.807, 2.05) is 0 Å². The molecule has 0 aliphatic carbocycles. The largest absolute Gasteiger partial charge is 0.361 e. The minimum atomic E-state index is -1.12. The van der Waals surface area contributed by atoms with Gasteiger partial charge < -0.3 is 4.74 Å². The van der Waals surface area contributed by atoms with Gasteiger partial charge >= 0.3 is 0 Å². The highest BCUT2D eigenvalue weighted by atomic mass is 35.5. The van der Waals surface area contributed by atoms with Crippen LogP contribution in [0, 0.1) is 0 Å². The molecule has 0 saturated heterocycles. The zero-order chi connectivity index (χ0) is 14.9. The Bertz CT molecular complexity index is 627. The van der Waals surface area contributed by atoms with Gasteiger partial charge in [-0.3, -0.25) is 4.57 Å². The Morgan fingerprint density at radius 3 is 2.84 bits per heavy atom. The van der Waals surface area contributed by atoms with Crippen LogP contribution in [0.2, 0.25) is 35.9 Å². The van der Waals surface area contributed by atoms with Crippen molar-refractivity contribution in [3.05, 3.63) is 22.5 Å². The zero-order valence-electron chi connectivity index (χ0n) is 12.2. The molecule has 19 heavy (non-hydrogen) atoms. The summed E-state index contributed by atoms with van der Waals surface area (Å²) in [7, 11) is -1.12. The second-order valence-electron chi connectivity index (χ2n) is 5.59. The van der Waals surface area contributed by atoms with Gasteiger partial charge in [-0.2, -0.15) is 0 Å². The van der Waals surface area contributed by atoms with Gasteiger partial charge in [0.25, 0.3) is 0 Å². The van der Waals surface area contributed by atoms with Crippen LogP contribution in [0.5, 0.6) is 0 Å². The lowest BCUT2D eigenvalue weighted by Gasteiger charge is -2.15. The molecule has 0 aliphatic heterocycles. The van der Waals surface area contributed by atoms with Gasteiger partial charge in [-0.15, -0.1) is 0 Å². The van der Waals surface area contributed by atoms with Crippen molar-refractivity contribution >= 4 is 42.4 Å². The molecule has 0 amide bonds. The summed E-state index contributed by atoms with van der Waals surface area (Å²) in [6, 6.07) is 2.59. The number of nitrogens with zero attached hydrogens (tertiary/aromatic N) is 3. The molecule has 0 spiro atoms. The van der Waals surface area contributed by atoms with E-state index in [1.54, 1.807) is 4.57 Å². The maximum Gasteiger partial charge on any atom is 0.164 e. The molecule has 2 rings (SSSR count). The maximum atomic E-state index is 7.86. The van der Waals surface area contributed by atoms with Crippen LogP contribution in [0.4, 0.5) is 0 Å². The van der Waals surface area contributed by atoms with Crippen molar-refractivity contribution in [3.8, 4) is 0 Å². The second-order valence-corrected chi connectivity index (χ2v) is 12.0. The molecule has 104 valence electrons. The van der Waals surface area contributed by atoms with Gasteiger partial charge in [-0.1, -0.05) is 42.8 Å². The van der Waals surface area contributed by atoms with Crippen LogP contribution in [0.3, 0.4) is 0 Å². The monoisotopic (exact) mass is 318 g/mol. The molecule has 0 saturated carbocycles. The fraction of sp³-hybridized carbons (Fsp3) is 0.500. The van der Waals surface area contributed by atoms with Crippen LogP contribution in [0.1, 0.15) is 1.37 Å². The van der Waals surface area contributed by atoms with Crippen LogP contribution in [0.15, 0.2) is 12.4 Å². The van der Waals surface area contributed by atoms with Gasteiger partial charge in [0.2, 0.25) is 0 Å². The molecular formula is C12H17Cl2N3OSi. The predicted octanol–water partition coefficient (Wildman–Crippen LogP) is 4.05. The molecular weight excluding hydrogens is 301 g/mol. The third-order valence-electron chi connectivity index (χ3n) is 2.65. The number of rotatable bonds is 5. The van der Waals surface area contributed by atoms with E-state index in [9.17, 15) is 0 Å². The maximum absolute atomic E-state index is 7.86. The number of halogens is 2. The molecule has 0 fully saturated rings. The van der Waals surface area contributed by atoms with E-state index in [2.05, 4.69) is 29.6 Å². The summed E-state index contributed by atoms with van der Waals surface area (Å²) >= 11 is 11.9. The van der Waals surface area contributed by atoms with Gasteiger partial charge in [0.1, 0.15) is 18.8 Å². The van der Waals surface area contributed by atoms with E-state index in [0.29, 0.717) is 22.8 Å².